The first kappa shape index (κ1) is 22.5. The van der Waals surface area contributed by atoms with Crippen LogP contribution in [0.25, 0.3) is 0 Å². The molecule has 0 saturated carbocycles. The van der Waals surface area contributed by atoms with Gasteiger partial charge in [-0.15, -0.1) is 0 Å². The average molecular weight is 458 g/mol. The first-order valence-electron chi connectivity index (χ1n) is 10.5. The maximum Gasteiger partial charge on any atom is 0.231 e. The number of para-hydroxylation sites is 1. The molecule has 2 atom stereocenters. The summed E-state index contributed by atoms with van der Waals surface area (Å²) < 4.78 is 26.8. The topological polar surface area (TPSA) is 116 Å². The van der Waals surface area contributed by atoms with Gasteiger partial charge in [-0.05, 0) is 24.3 Å². The third-order valence-corrected chi connectivity index (χ3v) is 5.48. The Kier molecular flexibility index (Phi) is 6.74. The van der Waals surface area contributed by atoms with E-state index in [0.29, 0.717) is 34.4 Å². The molecular formula is C23H26N2O8. The summed E-state index contributed by atoms with van der Waals surface area (Å²) in [5.41, 5.74) is 0.652. The number of nitrogens with zero attached hydrogens (tertiary/aromatic N) is 1. The smallest absolute Gasteiger partial charge is 0.231 e. The number of nitrogens with one attached hydrogen (secondary N) is 1. The van der Waals surface area contributed by atoms with Crippen molar-refractivity contribution in [1.82, 2.24) is 5.32 Å². The minimum atomic E-state index is -0.967. The SMILES string of the molecule is COc1cccc(OC)c1OCC(O)CNC(=O)C1CC(=O)N(c2ccc3c(c2)OCO3)C1. The van der Waals surface area contributed by atoms with Gasteiger partial charge in [0.2, 0.25) is 24.4 Å². The van der Waals surface area contributed by atoms with Crippen LogP contribution in [-0.2, 0) is 9.59 Å². The first-order valence-corrected chi connectivity index (χ1v) is 10.5. The van der Waals surface area contributed by atoms with Crippen molar-refractivity contribution in [3.63, 3.8) is 0 Å². The van der Waals surface area contributed by atoms with Gasteiger partial charge in [0.05, 0.1) is 20.1 Å². The molecule has 2 aliphatic heterocycles. The number of fused-ring (bicyclic) bond motifs is 1. The standard InChI is InChI=1S/C23H26N2O8/c1-29-18-4-3-5-19(30-2)22(18)31-12-16(26)10-24-23(28)14-8-21(27)25(11-14)15-6-7-17-20(9-15)33-13-32-17/h3-7,9,14,16,26H,8,10-13H2,1-2H3,(H,24,28). The molecular weight excluding hydrogens is 432 g/mol. The molecule has 0 aromatic heterocycles. The number of methoxy groups -OCH3 is 2. The minimum Gasteiger partial charge on any atom is -0.493 e. The number of benzene rings is 2. The normalized spacial score (nSPS) is 17.6. The van der Waals surface area contributed by atoms with Gasteiger partial charge in [-0.3, -0.25) is 9.59 Å². The van der Waals surface area contributed by atoms with Gasteiger partial charge in [-0.1, -0.05) is 6.07 Å². The fraction of sp³-hybridized carbons (Fsp3) is 0.391. The second kappa shape index (κ2) is 9.86. The molecule has 0 radical (unpaired) electrons. The van der Waals surface area contributed by atoms with Crippen molar-refractivity contribution < 1.29 is 38.4 Å². The van der Waals surface area contributed by atoms with Crippen molar-refractivity contribution in [2.24, 2.45) is 5.92 Å². The van der Waals surface area contributed by atoms with Gasteiger partial charge in [0.1, 0.15) is 12.7 Å². The number of hydrogen-bond donors (Lipinski definition) is 2. The van der Waals surface area contributed by atoms with Gasteiger partial charge in [0.15, 0.2) is 23.0 Å². The lowest BCUT2D eigenvalue weighted by Gasteiger charge is -2.18. The Hall–Kier alpha value is -3.66. The molecule has 0 bridgehead atoms. The van der Waals surface area contributed by atoms with E-state index in [2.05, 4.69) is 5.32 Å². The fourth-order valence-corrected chi connectivity index (χ4v) is 3.75. The van der Waals surface area contributed by atoms with E-state index in [0.717, 1.165) is 0 Å². The predicted octanol–water partition coefficient (Wildman–Crippen LogP) is 1.34. The molecule has 0 spiro atoms. The molecule has 2 aromatic rings. The number of hydrogen-bond acceptors (Lipinski definition) is 8. The van der Waals surface area contributed by atoms with Crippen LogP contribution >= 0.6 is 0 Å². The van der Waals surface area contributed by atoms with E-state index in [4.69, 9.17) is 23.7 Å². The highest BCUT2D eigenvalue weighted by Crippen LogP contribution is 2.38. The molecule has 176 valence electrons. The zero-order chi connectivity index (χ0) is 23.4. The van der Waals surface area contributed by atoms with Crippen LogP contribution in [0.2, 0.25) is 0 Å². The number of carbonyl (C=O) groups is 2. The second-order valence-electron chi connectivity index (χ2n) is 7.64. The number of carbonyl (C=O) groups excluding carboxylic acids is 2. The Labute approximate surface area is 190 Å². The van der Waals surface area contributed by atoms with Crippen LogP contribution in [0.1, 0.15) is 6.42 Å². The summed E-state index contributed by atoms with van der Waals surface area (Å²) in [7, 11) is 3.02. The highest BCUT2D eigenvalue weighted by atomic mass is 16.7. The van der Waals surface area contributed by atoms with Crippen molar-refractivity contribution in [1.29, 1.82) is 0 Å². The molecule has 2 amide bonds. The molecule has 1 fully saturated rings. The van der Waals surface area contributed by atoms with Crippen molar-refractivity contribution in [3.8, 4) is 28.7 Å². The maximum atomic E-state index is 12.6. The Bertz CT molecular complexity index is 1010. The lowest BCUT2D eigenvalue weighted by atomic mass is 10.1. The highest BCUT2D eigenvalue weighted by Gasteiger charge is 2.35. The van der Waals surface area contributed by atoms with Gasteiger partial charge >= 0.3 is 0 Å². The van der Waals surface area contributed by atoms with Crippen molar-refractivity contribution in [2.75, 3.05) is 45.6 Å². The fourth-order valence-electron chi connectivity index (χ4n) is 3.75. The predicted molar refractivity (Wildman–Crippen MR) is 117 cm³/mol. The summed E-state index contributed by atoms with van der Waals surface area (Å²) in [6, 6.07) is 10.4. The summed E-state index contributed by atoms with van der Waals surface area (Å²) in [6.07, 6.45) is -0.878. The van der Waals surface area contributed by atoms with E-state index in [1.807, 2.05) is 0 Å². The minimum absolute atomic E-state index is 0.0228. The van der Waals surface area contributed by atoms with Crippen LogP contribution in [0, 0.1) is 5.92 Å². The van der Waals surface area contributed by atoms with Gasteiger partial charge in [0, 0.05) is 31.3 Å². The number of rotatable bonds is 9. The molecule has 4 rings (SSSR count). The molecule has 2 heterocycles. The van der Waals surface area contributed by atoms with Crippen LogP contribution in [0.3, 0.4) is 0 Å². The number of amides is 2. The van der Waals surface area contributed by atoms with E-state index < -0.39 is 12.0 Å². The summed E-state index contributed by atoms with van der Waals surface area (Å²) >= 11 is 0. The highest BCUT2D eigenvalue weighted by molar-refractivity contribution is 6.00. The Morgan fingerprint density at radius 1 is 1.18 bits per heavy atom. The van der Waals surface area contributed by atoms with Crippen molar-refractivity contribution in [2.45, 2.75) is 12.5 Å². The summed E-state index contributed by atoms with van der Waals surface area (Å²) in [4.78, 5) is 26.7. The Morgan fingerprint density at radius 2 is 1.91 bits per heavy atom. The number of aliphatic hydroxyl groups is 1. The van der Waals surface area contributed by atoms with Crippen LogP contribution in [0.4, 0.5) is 5.69 Å². The van der Waals surface area contributed by atoms with Gasteiger partial charge in [-0.25, -0.2) is 0 Å². The second-order valence-corrected chi connectivity index (χ2v) is 7.64. The van der Waals surface area contributed by atoms with E-state index in [-0.39, 0.29) is 44.7 Å². The first-order chi connectivity index (χ1) is 16.0. The van der Waals surface area contributed by atoms with Crippen LogP contribution < -0.4 is 33.9 Å². The molecule has 2 aliphatic rings. The van der Waals surface area contributed by atoms with Crippen LogP contribution in [0.5, 0.6) is 28.7 Å². The average Bonchev–Trinajstić information content (AvgIpc) is 3.46. The largest absolute Gasteiger partial charge is 0.493 e. The van der Waals surface area contributed by atoms with Crippen molar-refractivity contribution >= 4 is 17.5 Å². The van der Waals surface area contributed by atoms with Gasteiger partial charge in [-0.2, -0.15) is 0 Å². The Balaban J connectivity index is 1.28. The summed E-state index contributed by atoms with van der Waals surface area (Å²) in [5.74, 6) is 1.53. The maximum absolute atomic E-state index is 12.6. The molecule has 10 nitrogen and oxygen atoms in total. The molecule has 1 saturated heterocycles. The quantitative estimate of drug-likeness (QED) is 0.579. The number of ether oxygens (including phenoxy) is 5. The lowest BCUT2D eigenvalue weighted by Crippen LogP contribution is -2.39. The molecule has 2 aromatic carbocycles. The molecule has 2 unspecified atom stereocenters. The summed E-state index contributed by atoms with van der Waals surface area (Å²) in [6.45, 7) is 0.290. The monoisotopic (exact) mass is 458 g/mol. The number of anilines is 1. The van der Waals surface area contributed by atoms with Gasteiger partial charge < -0.3 is 39.0 Å². The lowest BCUT2D eigenvalue weighted by molar-refractivity contribution is -0.126. The Morgan fingerprint density at radius 3 is 2.64 bits per heavy atom. The van der Waals surface area contributed by atoms with E-state index in [1.54, 1.807) is 41.3 Å². The number of aliphatic hydroxyl groups excluding tert-OH is 1. The van der Waals surface area contributed by atoms with E-state index in [9.17, 15) is 14.7 Å². The van der Waals surface area contributed by atoms with E-state index >= 15 is 0 Å². The zero-order valence-electron chi connectivity index (χ0n) is 18.4. The third-order valence-electron chi connectivity index (χ3n) is 5.48. The third kappa shape index (κ3) is 4.90. The molecule has 0 aliphatic carbocycles. The molecule has 10 heteroatoms. The van der Waals surface area contributed by atoms with Gasteiger partial charge in [0.25, 0.3) is 0 Å². The van der Waals surface area contributed by atoms with Crippen LogP contribution in [0.15, 0.2) is 36.4 Å². The van der Waals surface area contributed by atoms with Crippen molar-refractivity contribution in [3.05, 3.63) is 36.4 Å². The molecule has 2 N–H and O–H groups in total. The van der Waals surface area contributed by atoms with E-state index in [1.165, 1.54) is 14.2 Å². The zero-order valence-corrected chi connectivity index (χ0v) is 18.4. The molecule has 33 heavy (non-hydrogen) atoms. The summed E-state index contributed by atoms with van der Waals surface area (Å²) in [5, 5.41) is 13.0. The van der Waals surface area contributed by atoms with Crippen LogP contribution in [-0.4, -0.2) is 63.7 Å².